The van der Waals surface area contributed by atoms with Gasteiger partial charge in [0.2, 0.25) is 0 Å². The Bertz CT molecular complexity index is 946. The van der Waals surface area contributed by atoms with Crippen LogP contribution in [0.3, 0.4) is 0 Å². The van der Waals surface area contributed by atoms with Crippen LogP contribution < -0.4 is 10.6 Å². The molecular formula is C25H26N2O3. The van der Waals surface area contributed by atoms with Crippen LogP contribution in [-0.2, 0) is 4.74 Å². The lowest BCUT2D eigenvalue weighted by molar-refractivity contribution is 0.0172. The van der Waals surface area contributed by atoms with E-state index in [0.717, 1.165) is 5.56 Å². The second-order valence-corrected chi connectivity index (χ2v) is 7.08. The van der Waals surface area contributed by atoms with Crippen LogP contribution in [0, 0.1) is 5.92 Å². The summed E-state index contributed by atoms with van der Waals surface area (Å²) < 4.78 is 5.61. The van der Waals surface area contributed by atoms with Crippen molar-refractivity contribution in [2.75, 3.05) is 7.11 Å². The third-order valence-corrected chi connectivity index (χ3v) is 5.05. The summed E-state index contributed by atoms with van der Waals surface area (Å²) in [6.07, 6.45) is -0.598. The van der Waals surface area contributed by atoms with Gasteiger partial charge in [-0.2, -0.15) is 0 Å². The third kappa shape index (κ3) is 5.33. The van der Waals surface area contributed by atoms with Crippen LogP contribution in [0.4, 0.5) is 0 Å². The van der Waals surface area contributed by atoms with Crippen LogP contribution >= 0.6 is 0 Å². The molecule has 5 heteroatoms. The van der Waals surface area contributed by atoms with E-state index in [1.807, 2.05) is 73.7 Å². The zero-order chi connectivity index (χ0) is 21.3. The SMILES string of the molecule is COC(NC(=O)c1ccccc1)[C@H](C)[C@@H](NC(=O)c1ccccc1)c1ccccc1. The van der Waals surface area contributed by atoms with Gasteiger partial charge in [0, 0.05) is 24.2 Å². The molecule has 3 rings (SSSR count). The molecule has 0 aliphatic rings. The zero-order valence-electron chi connectivity index (χ0n) is 17.1. The van der Waals surface area contributed by atoms with Crippen molar-refractivity contribution in [2.45, 2.75) is 19.2 Å². The molecular weight excluding hydrogens is 376 g/mol. The van der Waals surface area contributed by atoms with Crippen LogP contribution in [0.25, 0.3) is 0 Å². The van der Waals surface area contributed by atoms with Crippen molar-refractivity contribution in [3.63, 3.8) is 0 Å². The highest BCUT2D eigenvalue weighted by Gasteiger charge is 2.30. The Kier molecular flexibility index (Phi) is 7.35. The molecule has 1 unspecified atom stereocenters. The fourth-order valence-electron chi connectivity index (χ4n) is 3.37. The quantitative estimate of drug-likeness (QED) is 0.555. The predicted octanol–water partition coefficient (Wildman–Crippen LogP) is 4.20. The number of ether oxygens (including phenoxy) is 1. The van der Waals surface area contributed by atoms with E-state index in [2.05, 4.69) is 10.6 Å². The molecule has 0 bridgehead atoms. The molecule has 0 aliphatic heterocycles. The highest BCUT2D eigenvalue weighted by Crippen LogP contribution is 2.26. The minimum atomic E-state index is -0.598. The standard InChI is InChI=1S/C25H26N2O3/c1-18(25(30-2)27-24(29)21-16-10-5-11-17-21)22(19-12-6-3-7-13-19)26-23(28)20-14-8-4-9-15-20/h3-18,22,25H,1-2H3,(H,26,28)(H,27,29)/t18-,22-,25?/m1/s1. The molecule has 3 aromatic carbocycles. The average molecular weight is 402 g/mol. The fourth-order valence-corrected chi connectivity index (χ4v) is 3.37. The predicted molar refractivity (Wildman–Crippen MR) is 117 cm³/mol. The lowest BCUT2D eigenvalue weighted by atomic mass is 9.92. The van der Waals surface area contributed by atoms with E-state index in [9.17, 15) is 9.59 Å². The van der Waals surface area contributed by atoms with E-state index in [4.69, 9.17) is 4.74 Å². The monoisotopic (exact) mass is 402 g/mol. The molecule has 0 radical (unpaired) electrons. The molecule has 30 heavy (non-hydrogen) atoms. The summed E-state index contributed by atoms with van der Waals surface area (Å²) in [6, 6.07) is 27.4. The lowest BCUT2D eigenvalue weighted by Gasteiger charge is -2.31. The summed E-state index contributed by atoms with van der Waals surface area (Å²) in [5.74, 6) is -0.645. The number of carbonyl (C=O) groups is 2. The lowest BCUT2D eigenvalue weighted by Crippen LogP contribution is -2.46. The first-order chi connectivity index (χ1) is 14.6. The summed E-state index contributed by atoms with van der Waals surface area (Å²) in [6.45, 7) is 1.95. The third-order valence-electron chi connectivity index (χ3n) is 5.05. The second-order valence-electron chi connectivity index (χ2n) is 7.08. The maximum absolute atomic E-state index is 12.8. The normalized spacial score (nSPS) is 13.7. The second kappa shape index (κ2) is 10.4. The Morgan fingerprint density at radius 1 is 0.700 bits per heavy atom. The first kappa shape index (κ1) is 21.3. The van der Waals surface area contributed by atoms with Gasteiger partial charge in [0.1, 0.15) is 6.23 Å². The molecule has 0 aliphatic carbocycles. The molecule has 154 valence electrons. The Hall–Kier alpha value is -3.44. The number of nitrogens with one attached hydrogen (secondary N) is 2. The van der Waals surface area contributed by atoms with Crippen molar-refractivity contribution in [1.29, 1.82) is 0 Å². The van der Waals surface area contributed by atoms with E-state index >= 15 is 0 Å². The van der Waals surface area contributed by atoms with Crippen molar-refractivity contribution < 1.29 is 14.3 Å². The first-order valence-corrected chi connectivity index (χ1v) is 9.89. The van der Waals surface area contributed by atoms with Gasteiger partial charge in [-0.15, -0.1) is 0 Å². The summed E-state index contributed by atoms with van der Waals surface area (Å²) in [5.41, 5.74) is 2.06. The average Bonchev–Trinajstić information content (AvgIpc) is 2.82. The van der Waals surface area contributed by atoms with Crippen molar-refractivity contribution in [1.82, 2.24) is 10.6 Å². The molecule has 3 aromatic rings. The van der Waals surface area contributed by atoms with Gasteiger partial charge in [-0.25, -0.2) is 0 Å². The number of benzene rings is 3. The van der Waals surface area contributed by atoms with Crippen LogP contribution in [0.5, 0.6) is 0 Å². The van der Waals surface area contributed by atoms with Crippen molar-refractivity contribution in [3.05, 3.63) is 108 Å². The Labute approximate surface area is 177 Å². The Morgan fingerprint density at radius 2 is 1.13 bits per heavy atom. The molecule has 3 atom stereocenters. The van der Waals surface area contributed by atoms with E-state index < -0.39 is 6.23 Å². The van der Waals surface area contributed by atoms with E-state index in [0.29, 0.717) is 11.1 Å². The van der Waals surface area contributed by atoms with Crippen LogP contribution in [0.2, 0.25) is 0 Å². The van der Waals surface area contributed by atoms with Crippen molar-refractivity contribution >= 4 is 11.8 Å². The molecule has 0 spiro atoms. The van der Waals surface area contributed by atoms with Gasteiger partial charge < -0.3 is 15.4 Å². The van der Waals surface area contributed by atoms with Gasteiger partial charge in [-0.05, 0) is 29.8 Å². The van der Waals surface area contributed by atoms with Gasteiger partial charge in [0.15, 0.2) is 0 Å². The number of hydrogen-bond acceptors (Lipinski definition) is 3. The highest BCUT2D eigenvalue weighted by atomic mass is 16.5. The number of hydrogen-bond donors (Lipinski definition) is 2. The summed E-state index contributed by atoms with van der Waals surface area (Å²) in [7, 11) is 1.55. The van der Waals surface area contributed by atoms with E-state index in [1.165, 1.54) is 0 Å². The number of rotatable bonds is 8. The summed E-state index contributed by atoms with van der Waals surface area (Å²) in [5, 5.41) is 6.04. The van der Waals surface area contributed by atoms with Gasteiger partial charge in [0.05, 0.1) is 6.04 Å². The molecule has 0 aromatic heterocycles. The smallest absolute Gasteiger partial charge is 0.253 e. The fraction of sp³-hybridized carbons (Fsp3) is 0.200. The molecule has 0 saturated heterocycles. The maximum Gasteiger partial charge on any atom is 0.253 e. The number of amides is 2. The molecule has 2 N–H and O–H groups in total. The largest absolute Gasteiger partial charge is 0.361 e. The van der Waals surface area contributed by atoms with Crippen LogP contribution in [-0.4, -0.2) is 25.2 Å². The minimum absolute atomic E-state index is 0.180. The first-order valence-electron chi connectivity index (χ1n) is 9.89. The molecule has 0 fully saturated rings. The van der Waals surface area contributed by atoms with Gasteiger partial charge in [-0.3, -0.25) is 9.59 Å². The number of methoxy groups -OCH3 is 1. The topological polar surface area (TPSA) is 67.4 Å². The number of carbonyl (C=O) groups excluding carboxylic acids is 2. The highest BCUT2D eigenvalue weighted by molar-refractivity contribution is 5.95. The van der Waals surface area contributed by atoms with Crippen LogP contribution in [0.15, 0.2) is 91.0 Å². The summed E-state index contributed by atoms with van der Waals surface area (Å²) in [4.78, 5) is 25.5. The van der Waals surface area contributed by atoms with Crippen molar-refractivity contribution in [3.8, 4) is 0 Å². The maximum atomic E-state index is 12.8. The zero-order valence-corrected chi connectivity index (χ0v) is 17.1. The van der Waals surface area contributed by atoms with Crippen molar-refractivity contribution in [2.24, 2.45) is 5.92 Å². The van der Waals surface area contributed by atoms with Crippen LogP contribution in [0.1, 0.15) is 39.2 Å². The minimum Gasteiger partial charge on any atom is -0.361 e. The van der Waals surface area contributed by atoms with E-state index in [-0.39, 0.29) is 23.8 Å². The summed E-state index contributed by atoms with van der Waals surface area (Å²) >= 11 is 0. The Balaban J connectivity index is 1.82. The molecule has 0 saturated carbocycles. The van der Waals surface area contributed by atoms with Gasteiger partial charge in [-0.1, -0.05) is 73.7 Å². The van der Waals surface area contributed by atoms with E-state index in [1.54, 1.807) is 31.4 Å². The van der Waals surface area contributed by atoms with Gasteiger partial charge >= 0.3 is 0 Å². The molecule has 0 heterocycles. The van der Waals surface area contributed by atoms with Gasteiger partial charge in [0.25, 0.3) is 11.8 Å². The molecule has 5 nitrogen and oxygen atoms in total. The Morgan fingerprint density at radius 3 is 1.60 bits per heavy atom. The molecule has 2 amide bonds.